The Morgan fingerprint density at radius 3 is 2.60 bits per heavy atom. The van der Waals surface area contributed by atoms with Crippen molar-refractivity contribution in [2.45, 2.75) is 6.92 Å². The van der Waals surface area contributed by atoms with Gasteiger partial charge in [-0.3, -0.25) is 9.67 Å². The van der Waals surface area contributed by atoms with E-state index < -0.39 is 0 Å². The predicted octanol–water partition coefficient (Wildman–Crippen LogP) is 3.77. The van der Waals surface area contributed by atoms with Crippen molar-refractivity contribution in [3.05, 3.63) is 60.8 Å². The molecule has 25 heavy (non-hydrogen) atoms. The second kappa shape index (κ2) is 5.04. The number of fused-ring (bicyclic) bond motifs is 3. The highest BCUT2D eigenvalue weighted by atomic mass is 15.2. The molecule has 5 aromatic rings. The first kappa shape index (κ1) is 14.0. The summed E-state index contributed by atoms with van der Waals surface area (Å²) in [5.41, 5.74) is 5.05. The van der Waals surface area contributed by atoms with Crippen LogP contribution in [0.3, 0.4) is 0 Å². The van der Waals surface area contributed by atoms with Crippen molar-refractivity contribution in [2.75, 3.05) is 5.32 Å². The zero-order valence-corrected chi connectivity index (χ0v) is 13.9. The lowest BCUT2D eigenvalue weighted by atomic mass is 10.1. The minimum Gasteiger partial charge on any atom is -0.326 e. The third-order valence-electron chi connectivity index (χ3n) is 4.47. The summed E-state index contributed by atoms with van der Waals surface area (Å²) in [5, 5.41) is 8.84. The van der Waals surface area contributed by atoms with Gasteiger partial charge in [-0.15, -0.1) is 0 Å². The lowest BCUT2D eigenvalue weighted by Crippen LogP contribution is -1.97. The summed E-state index contributed by atoms with van der Waals surface area (Å²) < 4.78 is 3.87. The van der Waals surface area contributed by atoms with E-state index in [0.717, 1.165) is 33.8 Å². The molecule has 0 spiro atoms. The van der Waals surface area contributed by atoms with Crippen LogP contribution >= 0.6 is 0 Å². The fraction of sp³-hybridized carbons (Fsp3) is 0.105. The van der Waals surface area contributed by atoms with Gasteiger partial charge in [-0.05, 0) is 42.1 Å². The zero-order chi connectivity index (χ0) is 17.0. The van der Waals surface area contributed by atoms with E-state index >= 15 is 0 Å². The summed E-state index contributed by atoms with van der Waals surface area (Å²) in [6.07, 6.45) is 9.89. The molecule has 0 aliphatic carbocycles. The van der Waals surface area contributed by atoms with Crippen LogP contribution < -0.4 is 5.32 Å². The van der Waals surface area contributed by atoms with Crippen molar-refractivity contribution in [3.8, 4) is 11.1 Å². The average molecular weight is 328 g/mol. The Morgan fingerprint density at radius 1 is 0.960 bits per heavy atom. The number of pyridine rings is 3. The largest absolute Gasteiger partial charge is 0.326 e. The Morgan fingerprint density at radius 2 is 1.88 bits per heavy atom. The number of hydrogen-bond acceptors (Lipinski definition) is 4. The van der Waals surface area contributed by atoms with Crippen molar-refractivity contribution in [2.24, 2.45) is 7.05 Å². The molecule has 0 fully saturated rings. The molecule has 0 radical (unpaired) electrons. The number of nitrogens with zero attached hydrogens (tertiary/aromatic N) is 5. The van der Waals surface area contributed by atoms with Gasteiger partial charge in [0, 0.05) is 43.0 Å². The van der Waals surface area contributed by atoms with Gasteiger partial charge in [-0.2, -0.15) is 5.10 Å². The van der Waals surface area contributed by atoms with E-state index in [9.17, 15) is 0 Å². The van der Waals surface area contributed by atoms with Crippen molar-refractivity contribution < 1.29 is 0 Å². The molecule has 122 valence electrons. The van der Waals surface area contributed by atoms with Gasteiger partial charge in [0.1, 0.15) is 11.6 Å². The molecule has 0 aliphatic rings. The summed E-state index contributed by atoms with van der Waals surface area (Å²) in [7, 11) is 1.90. The summed E-state index contributed by atoms with van der Waals surface area (Å²) in [5.74, 6) is 1.82. The minimum absolute atomic E-state index is 0.802. The summed E-state index contributed by atoms with van der Waals surface area (Å²) in [6.45, 7) is 2.11. The standard InChI is InChI=1S/C19H16N6/c1-12-9-25-11-14(12)6-19(25)23-18-4-3-16-17(22-18)5-13(7-20-16)15-8-21-24(2)10-15/h3-11H,1-2H3,(H,22,23). The van der Waals surface area contributed by atoms with Crippen LogP contribution in [0.2, 0.25) is 0 Å². The van der Waals surface area contributed by atoms with Crippen LogP contribution in [0, 0.1) is 6.92 Å². The molecule has 0 unspecified atom stereocenters. The zero-order valence-electron chi connectivity index (χ0n) is 13.9. The number of aryl methyl sites for hydroxylation is 2. The highest BCUT2D eigenvalue weighted by molar-refractivity contribution is 5.82. The molecule has 5 aromatic heterocycles. The summed E-state index contributed by atoms with van der Waals surface area (Å²) in [6, 6.07) is 8.11. The fourth-order valence-electron chi connectivity index (χ4n) is 3.12. The molecule has 0 aromatic carbocycles. The van der Waals surface area contributed by atoms with E-state index in [1.165, 1.54) is 10.9 Å². The molecule has 6 heteroatoms. The highest BCUT2D eigenvalue weighted by Crippen LogP contribution is 2.26. The van der Waals surface area contributed by atoms with E-state index in [4.69, 9.17) is 4.98 Å². The van der Waals surface area contributed by atoms with E-state index in [1.54, 1.807) is 4.68 Å². The number of anilines is 2. The van der Waals surface area contributed by atoms with Crippen LogP contribution in [0.15, 0.2) is 55.2 Å². The van der Waals surface area contributed by atoms with Crippen LogP contribution in [-0.4, -0.2) is 24.1 Å². The minimum atomic E-state index is 0.802. The van der Waals surface area contributed by atoms with E-state index in [-0.39, 0.29) is 0 Å². The molecule has 2 bridgehead atoms. The first-order valence-corrected chi connectivity index (χ1v) is 8.09. The maximum absolute atomic E-state index is 4.72. The predicted molar refractivity (Wildman–Crippen MR) is 98.3 cm³/mol. The average Bonchev–Trinajstić information content (AvgIpc) is 3.30. The summed E-state index contributed by atoms with van der Waals surface area (Å²) >= 11 is 0. The second-order valence-corrected chi connectivity index (χ2v) is 6.32. The van der Waals surface area contributed by atoms with E-state index in [2.05, 4.69) is 45.2 Å². The first-order chi connectivity index (χ1) is 12.2. The molecular weight excluding hydrogens is 312 g/mol. The number of aromatic nitrogens is 5. The van der Waals surface area contributed by atoms with Gasteiger partial charge in [0.15, 0.2) is 0 Å². The van der Waals surface area contributed by atoms with Gasteiger partial charge in [-0.1, -0.05) is 0 Å². The summed E-state index contributed by atoms with van der Waals surface area (Å²) in [4.78, 5) is 9.24. The van der Waals surface area contributed by atoms with E-state index in [1.807, 2.05) is 43.8 Å². The van der Waals surface area contributed by atoms with Gasteiger partial charge in [0.2, 0.25) is 0 Å². The molecule has 0 aliphatic heterocycles. The first-order valence-electron chi connectivity index (χ1n) is 8.09. The smallest absolute Gasteiger partial charge is 0.132 e. The van der Waals surface area contributed by atoms with Gasteiger partial charge in [0.05, 0.1) is 17.2 Å². The lowest BCUT2D eigenvalue weighted by Gasteiger charge is -2.07. The van der Waals surface area contributed by atoms with Crippen LogP contribution in [0.5, 0.6) is 0 Å². The van der Waals surface area contributed by atoms with Gasteiger partial charge in [-0.25, -0.2) is 4.98 Å². The van der Waals surface area contributed by atoms with Crippen molar-refractivity contribution in [1.82, 2.24) is 24.1 Å². The number of hydrogen-bond donors (Lipinski definition) is 1. The Hall–Kier alpha value is -3.41. The van der Waals surface area contributed by atoms with E-state index in [0.29, 0.717) is 0 Å². The Kier molecular flexibility index (Phi) is 2.82. The molecular formula is C19H16N6. The van der Waals surface area contributed by atoms with Gasteiger partial charge in [0.25, 0.3) is 0 Å². The third-order valence-corrected chi connectivity index (χ3v) is 4.47. The normalized spacial score (nSPS) is 11.6. The van der Waals surface area contributed by atoms with Crippen molar-refractivity contribution in [1.29, 1.82) is 0 Å². The van der Waals surface area contributed by atoms with Crippen LogP contribution in [0.25, 0.3) is 27.5 Å². The molecule has 5 rings (SSSR count). The van der Waals surface area contributed by atoms with Gasteiger partial charge < -0.3 is 9.72 Å². The molecule has 6 nitrogen and oxygen atoms in total. The monoisotopic (exact) mass is 328 g/mol. The maximum Gasteiger partial charge on any atom is 0.132 e. The Labute approximate surface area is 144 Å². The third kappa shape index (κ3) is 2.30. The molecule has 5 heterocycles. The van der Waals surface area contributed by atoms with Crippen LogP contribution in [0.1, 0.15) is 5.56 Å². The quantitative estimate of drug-likeness (QED) is 0.548. The van der Waals surface area contributed by atoms with Gasteiger partial charge >= 0.3 is 0 Å². The lowest BCUT2D eigenvalue weighted by molar-refractivity contribution is 0.768. The Bertz CT molecular complexity index is 1200. The highest BCUT2D eigenvalue weighted by Gasteiger charge is 2.09. The molecule has 0 saturated heterocycles. The molecule has 0 atom stereocenters. The van der Waals surface area contributed by atoms with Crippen LogP contribution in [0.4, 0.5) is 11.6 Å². The Balaban J connectivity index is 1.53. The molecule has 0 amide bonds. The van der Waals surface area contributed by atoms with Crippen LogP contribution in [-0.2, 0) is 7.05 Å². The topological polar surface area (TPSA) is 60.0 Å². The SMILES string of the molecule is Cc1cn2cc1cc2Nc1ccc2ncc(-c3cnn(C)c3)cc2n1. The van der Waals surface area contributed by atoms with Crippen molar-refractivity contribution in [3.63, 3.8) is 0 Å². The fourth-order valence-corrected chi connectivity index (χ4v) is 3.12. The van der Waals surface area contributed by atoms with Crippen molar-refractivity contribution >= 4 is 28.1 Å². The molecule has 1 N–H and O–H groups in total. The number of rotatable bonds is 3. The number of nitrogens with one attached hydrogen (secondary N) is 1. The maximum atomic E-state index is 4.72. The second-order valence-electron chi connectivity index (χ2n) is 6.32. The molecule has 0 saturated carbocycles.